The Kier molecular flexibility index (Phi) is 3.75. The third-order valence-corrected chi connectivity index (χ3v) is 3.89. The number of aromatic carboxylic acids is 1. The van der Waals surface area contributed by atoms with Crippen molar-refractivity contribution in [2.24, 2.45) is 0 Å². The number of carboxylic acids is 1. The molecule has 110 valence electrons. The second-order valence-electron chi connectivity index (χ2n) is 5.37. The average Bonchev–Trinajstić information content (AvgIpc) is 2.90. The largest absolute Gasteiger partial charge is 0.478 e. The molecule has 0 amide bonds. The number of benzene rings is 1. The maximum Gasteiger partial charge on any atom is 0.335 e. The van der Waals surface area contributed by atoms with E-state index < -0.39 is 5.97 Å². The number of hydrogen-bond acceptors (Lipinski definition) is 3. The van der Waals surface area contributed by atoms with Gasteiger partial charge in [0.25, 0.3) is 0 Å². The highest BCUT2D eigenvalue weighted by Crippen LogP contribution is 2.29. The third-order valence-electron chi connectivity index (χ3n) is 3.89. The lowest BCUT2D eigenvalue weighted by Crippen LogP contribution is -2.15. The summed E-state index contributed by atoms with van der Waals surface area (Å²) in [4.78, 5) is 19.1. The molecule has 1 aliphatic heterocycles. The van der Waals surface area contributed by atoms with Crippen LogP contribution in [0.1, 0.15) is 40.6 Å². The molecule has 0 atom stereocenters. The predicted octanol–water partition coefficient (Wildman–Crippen LogP) is 2.98. The van der Waals surface area contributed by atoms with Crippen LogP contribution in [0.3, 0.4) is 0 Å². The Bertz CT molecular complexity index is 657. The van der Waals surface area contributed by atoms with Gasteiger partial charge in [-0.15, -0.1) is 0 Å². The smallest absolute Gasteiger partial charge is 0.335 e. The highest BCUT2D eigenvalue weighted by molar-refractivity contribution is 5.89. The Morgan fingerprint density at radius 3 is 2.86 bits per heavy atom. The van der Waals surface area contributed by atoms with Crippen molar-refractivity contribution in [1.82, 2.24) is 9.97 Å². The normalized spacial score (nSPS) is 16.0. The molecule has 0 unspecified atom stereocenters. The van der Waals surface area contributed by atoms with Gasteiger partial charge in [-0.05, 0) is 31.9 Å². The molecule has 1 fully saturated rings. The summed E-state index contributed by atoms with van der Waals surface area (Å²) in [6.45, 7) is 3.51. The first-order valence-electron chi connectivity index (χ1n) is 7.13. The fourth-order valence-corrected chi connectivity index (χ4v) is 2.73. The number of nitrogens with one attached hydrogen (secondary N) is 1. The molecular formula is C16H18N2O3. The van der Waals surface area contributed by atoms with Crippen molar-refractivity contribution in [3.8, 4) is 11.3 Å². The van der Waals surface area contributed by atoms with E-state index in [0.29, 0.717) is 5.92 Å². The maximum atomic E-state index is 11.1. The van der Waals surface area contributed by atoms with Crippen molar-refractivity contribution in [2.45, 2.75) is 25.7 Å². The maximum absolute atomic E-state index is 11.1. The van der Waals surface area contributed by atoms with Crippen LogP contribution in [0, 0.1) is 6.92 Å². The molecule has 0 saturated carbocycles. The van der Waals surface area contributed by atoms with Gasteiger partial charge >= 0.3 is 5.97 Å². The van der Waals surface area contributed by atoms with Gasteiger partial charge in [0, 0.05) is 30.4 Å². The van der Waals surface area contributed by atoms with E-state index in [2.05, 4.69) is 4.98 Å². The number of aromatic nitrogens is 2. The van der Waals surface area contributed by atoms with Crippen LogP contribution in [0.25, 0.3) is 11.3 Å². The van der Waals surface area contributed by atoms with E-state index in [9.17, 15) is 4.79 Å². The zero-order valence-corrected chi connectivity index (χ0v) is 11.9. The van der Waals surface area contributed by atoms with E-state index in [1.807, 2.05) is 13.0 Å². The highest BCUT2D eigenvalue weighted by Gasteiger charge is 2.21. The average molecular weight is 286 g/mol. The summed E-state index contributed by atoms with van der Waals surface area (Å²) < 4.78 is 5.38. The molecule has 0 radical (unpaired) electrons. The number of carboxylic acid groups (broad SMARTS) is 1. The molecule has 0 bridgehead atoms. The molecule has 2 heterocycles. The van der Waals surface area contributed by atoms with E-state index in [4.69, 9.17) is 14.8 Å². The SMILES string of the molecule is Cc1[nH]c(C2CCOCC2)nc1-c1cccc(C(=O)O)c1. The van der Waals surface area contributed by atoms with Crippen molar-refractivity contribution in [2.75, 3.05) is 13.2 Å². The van der Waals surface area contributed by atoms with Gasteiger partial charge in [0.1, 0.15) is 5.82 Å². The van der Waals surface area contributed by atoms with Crippen molar-refractivity contribution in [1.29, 1.82) is 0 Å². The second-order valence-corrected chi connectivity index (χ2v) is 5.37. The lowest BCUT2D eigenvalue weighted by Gasteiger charge is -2.19. The third kappa shape index (κ3) is 2.83. The lowest BCUT2D eigenvalue weighted by atomic mass is 10.00. The van der Waals surface area contributed by atoms with Gasteiger partial charge in [-0.2, -0.15) is 0 Å². The van der Waals surface area contributed by atoms with Crippen molar-refractivity contribution in [3.63, 3.8) is 0 Å². The second kappa shape index (κ2) is 5.69. The summed E-state index contributed by atoms with van der Waals surface area (Å²) in [7, 11) is 0. The Labute approximate surface area is 123 Å². The molecule has 21 heavy (non-hydrogen) atoms. The molecule has 0 aliphatic carbocycles. The van der Waals surface area contributed by atoms with Crippen molar-refractivity contribution < 1.29 is 14.6 Å². The summed E-state index contributed by atoms with van der Waals surface area (Å²) in [5, 5.41) is 9.09. The molecule has 5 nitrogen and oxygen atoms in total. The Balaban J connectivity index is 1.93. The number of hydrogen-bond donors (Lipinski definition) is 2. The lowest BCUT2D eigenvalue weighted by molar-refractivity contribution is 0.0697. The van der Waals surface area contributed by atoms with Gasteiger partial charge in [-0.3, -0.25) is 0 Å². The van der Waals surface area contributed by atoms with E-state index in [0.717, 1.165) is 48.8 Å². The number of aryl methyl sites for hydroxylation is 1. The van der Waals surface area contributed by atoms with E-state index in [1.165, 1.54) is 0 Å². The fourth-order valence-electron chi connectivity index (χ4n) is 2.73. The Hall–Kier alpha value is -2.14. The number of aromatic amines is 1. The van der Waals surface area contributed by atoms with E-state index >= 15 is 0 Å². The van der Waals surface area contributed by atoms with Crippen LogP contribution >= 0.6 is 0 Å². The standard InChI is InChI=1S/C16H18N2O3/c1-10-14(12-3-2-4-13(9-12)16(19)20)18-15(17-10)11-5-7-21-8-6-11/h2-4,9,11H,5-8H2,1H3,(H,17,18)(H,19,20). The zero-order chi connectivity index (χ0) is 14.8. The minimum Gasteiger partial charge on any atom is -0.478 e. The number of rotatable bonds is 3. The minimum atomic E-state index is -0.922. The van der Waals surface area contributed by atoms with Crippen molar-refractivity contribution >= 4 is 5.97 Å². The summed E-state index contributed by atoms with van der Waals surface area (Å²) in [5.41, 5.74) is 2.92. The van der Waals surface area contributed by atoms with Crippen LogP contribution in [-0.2, 0) is 4.74 Å². The number of carbonyl (C=O) groups is 1. The van der Waals surface area contributed by atoms with Gasteiger partial charge in [-0.1, -0.05) is 12.1 Å². The number of nitrogens with zero attached hydrogens (tertiary/aromatic N) is 1. The molecular weight excluding hydrogens is 268 g/mol. The molecule has 1 aliphatic rings. The van der Waals surface area contributed by atoms with Crippen LogP contribution in [0.5, 0.6) is 0 Å². The summed E-state index contributed by atoms with van der Waals surface area (Å²) in [6, 6.07) is 6.90. The summed E-state index contributed by atoms with van der Waals surface area (Å²) >= 11 is 0. The van der Waals surface area contributed by atoms with Crippen molar-refractivity contribution in [3.05, 3.63) is 41.3 Å². The van der Waals surface area contributed by atoms with Crippen LogP contribution in [0.15, 0.2) is 24.3 Å². The molecule has 3 rings (SSSR count). The number of H-pyrrole nitrogens is 1. The van der Waals surface area contributed by atoms with E-state index in [-0.39, 0.29) is 5.56 Å². The molecule has 0 spiro atoms. The molecule has 2 N–H and O–H groups in total. The fraction of sp³-hybridized carbons (Fsp3) is 0.375. The van der Waals surface area contributed by atoms with Gasteiger partial charge in [0.2, 0.25) is 0 Å². The van der Waals surface area contributed by atoms with Crippen LogP contribution in [0.4, 0.5) is 0 Å². The molecule has 5 heteroatoms. The topological polar surface area (TPSA) is 75.2 Å². The van der Waals surface area contributed by atoms with E-state index in [1.54, 1.807) is 18.2 Å². The van der Waals surface area contributed by atoms with Crippen LogP contribution in [0.2, 0.25) is 0 Å². The Morgan fingerprint density at radius 2 is 2.14 bits per heavy atom. The van der Waals surface area contributed by atoms with Gasteiger partial charge in [0.05, 0.1) is 11.3 Å². The predicted molar refractivity (Wildman–Crippen MR) is 78.5 cm³/mol. The zero-order valence-electron chi connectivity index (χ0n) is 11.9. The first kappa shape index (κ1) is 13.8. The van der Waals surface area contributed by atoms with Crippen LogP contribution < -0.4 is 0 Å². The minimum absolute atomic E-state index is 0.280. The molecule has 2 aromatic rings. The van der Waals surface area contributed by atoms with Gasteiger partial charge < -0.3 is 14.8 Å². The Morgan fingerprint density at radius 1 is 1.38 bits per heavy atom. The molecule has 1 aromatic carbocycles. The summed E-state index contributed by atoms with van der Waals surface area (Å²) in [5.74, 6) is 0.454. The monoisotopic (exact) mass is 286 g/mol. The van der Waals surface area contributed by atoms with Gasteiger partial charge in [-0.25, -0.2) is 9.78 Å². The summed E-state index contributed by atoms with van der Waals surface area (Å²) in [6.07, 6.45) is 1.95. The highest BCUT2D eigenvalue weighted by atomic mass is 16.5. The van der Waals surface area contributed by atoms with Crippen LogP contribution in [-0.4, -0.2) is 34.3 Å². The molecule has 1 saturated heterocycles. The van der Waals surface area contributed by atoms with Gasteiger partial charge in [0.15, 0.2) is 0 Å². The first-order valence-corrected chi connectivity index (χ1v) is 7.13. The first-order chi connectivity index (χ1) is 10.1. The number of imidazole rings is 1. The molecule has 1 aromatic heterocycles. The number of ether oxygens (including phenoxy) is 1. The quantitative estimate of drug-likeness (QED) is 0.909.